The van der Waals surface area contributed by atoms with E-state index < -0.39 is 0 Å². The normalized spacial score (nSPS) is 13.6. The van der Waals surface area contributed by atoms with Crippen LogP contribution in [0.1, 0.15) is 39.2 Å². The van der Waals surface area contributed by atoms with Crippen LogP contribution in [0.4, 0.5) is 0 Å². The van der Waals surface area contributed by atoms with Gasteiger partial charge in [-0.2, -0.15) is 0 Å². The molecule has 1 aromatic rings. The SMILES string of the molecule is CCOc1ccc(CC(=O)NC(C)(CC)CCO)cc1. The maximum absolute atomic E-state index is 12.0. The highest BCUT2D eigenvalue weighted by Gasteiger charge is 2.23. The third-order valence-electron chi connectivity index (χ3n) is 3.48. The van der Waals surface area contributed by atoms with Crippen molar-refractivity contribution in [1.82, 2.24) is 5.32 Å². The molecule has 0 spiro atoms. The van der Waals surface area contributed by atoms with Crippen LogP contribution in [0.5, 0.6) is 5.75 Å². The van der Waals surface area contributed by atoms with Crippen molar-refractivity contribution in [3.63, 3.8) is 0 Å². The molecule has 0 bridgehead atoms. The van der Waals surface area contributed by atoms with E-state index in [1.807, 2.05) is 45.0 Å². The molecule has 0 aliphatic carbocycles. The summed E-state index contributed by atoms with van der Waals surface area (Å²) >= 11 is 0. The summed E-state index contributed by atoms with van der Waals surface area (Å²) in [5, 5.41) is 12.1. The Labute approximate surface area is 121 Å². The number of ether oxygens (including phenoxy) is 1. The number of carbonyl (C=O) groups is 1. The molecular formula is C16H25NO3. The third-order valence-corrected chi connectivity index (χ3v) is 3.48. The Hall–Kier alpha value is -1.55. The molecular weight excluding hydrogens is 254 g/mol. The summed E-state index contributed by atoms with van der Waals surface area (Å²) in [6.45, 7) is 6.61. The van der Waals surface area contributed by atoms with Crippen LogP contribution in [-0.2, 0) is 11.2 Å². The van der Waals surface area contributed by atoms with Crippen LogP contribution < -0.4 is 10.1 Å². The van der Waals surface area contributed by atoms with E-state index in [0.29, 0.717) is 19.4 Å². The smallest absolute Gasteiger partial charge is 0.224 e. The van der Waals surface area contributed by atoms with Gasteiger partial charge in [0, 0.05) is 12.1 Å². The molecule has 112 valence electrons. The van der Waals surface area contributed by atoms with Crippen LogP contribution in [0.3, 0.4) is 0 Å². The number of aliphatic hydroxyl groups is 1. The highest BCUT2D eigenvalue weighted by atomic mass is 16.5. The molecule has 20 heavy (non-hydrogen) atoms. The minimum atomic E-state index is -0.336. The van der Waals surface area contributed by atoms with Crippen molar-refractivity contribution in [3.8, 4) is 5.75 Å². The van der Waals surface area contributed by atoms with Crippen LogP contribution in [0.15, 0.2) is 24.3 Å². The van der Waals surface area contributed by atoms with Crippen molar-refractivity contribution >= 4 is 5.91 Å². The summed E-state index contributed by atoms with van der Waals surface area (Å²) in [4.78, 5) is 12.0. The van der Waals surface area contributed by atoms with Crippen molar-refractivity contribution in [3.05, 3.63) is 29.8 Å². The lowest BCUT2D eigenvalue weighted by Crippen LogP contribution is -2.46. The van der Waals surface area contributed by atoms with Crippen molar-refractivity contribution in [2.45, 2.75) is 45.6 Å². The second kappa shape index (κ2) is 7.90. The first-order valence-corrected chi connectivity index (χ1v) is 7.16. The largest absolute Gasteiger partial charge is 0.494 e. The summed E-state index contributed by atoms with van der Waals surface area (Å²) in [5.41, 5.74) is 0.616. The lowest BCUT2D eigenvalue weighted by atomic mass is 9.94. The van der Waals surface area contributed by atoms with Gasteiger partial charge in [-0.25, -0.2) is 0 Å². The predicted octanol–water partition coefficient (Wildman–Crippen LogP) is 2.30. The van der Waals surface area contributed by atoms with Crippen molar-refractivity contribution in [1.29, 1.82) is 0 Å². The van der Waals surface area contributed by atoms with Crippen LogP contribution in [0.25, 0.3) is 0 Å². The number of rotatable bonds is 8. The van der Waals surface area contributed by atoms with Gasteiger partial charge < -0.3 is 15.2 Å². The summed E-state index contributed by atoms with van der Waals surface area (Å²) in [7, 11) is 0. The van der Waals surface area contributed by atoms with Crippen molar-refractivity contribution in [2.75, 3.05) is 13.2 Å². The molecule has 0 saturated carbocycles. The molecule has 1 unspecified atom stereocenters. The van der Waals surface area contributed by atoms with Crippen molar-refractivity contribution < 1.29 is 14.6 Å². The third kappa shape index (κ3) is 5.21. The fraction of sp³-hybridized carbons (Fsp3) is 0.562. The van der Waals surface area contributed by atoms with E-state index in [0.717, 1.165) is 17.7 Å². The molecule has 0 radical (unpaired) electrons. The lowest BCUT2D eigenvalue weighted by Gasteiger charge is -2.29. The fourth-order valence-corrected chi connectivity index (χ4v) is 2.01. The van der Waals surface area contributed by atoms with Gasteiger partial charge in [0.05, 0.1) is 13.0 Å². The number of benzene rings is 1. The molecule has 1 aromatic carbocycles. The molecule has 4 heteroatoms. The zero-order valence-corrected chi connectivity index (χ0v) is 12.6. The molecule has 0 saturated heterocycles. The number of nitrogens with one attached hydrogen (secondary N) is 1. The number of aliphatic hydroxyl groups excluding tert-OH is 1. The Morgan fingerprint density at radius 3 is 2.45 bits per heavy atom. The zero-order valence-electron chi connectivity index (χ0n) is 12.6. The quantitative estimate of drug-likeness (QED) is 0.767. The minimum absolute atomic E-state index is 0.0213. The van der Waals surface area contributed by atoms with Gasteiger partial charge in [0.25, 0.3) is 0 Å². The van der Waals surface area contributed by atoms with E-state index in [9.17, 15) is 4.79 Å². The Morgan fingerprint density at radius 2 is 1.95 bits per heavy atom. The van der Waals surface area contributed by atoms with E-state index in [1.54, 1.807) is 0 Å². The number of hydrogen-bond acceptors (Lipinski definition) is 3. The van der Waals surface area contributed by atoms with Crippen molar-refractivity contribution in [2.24, 2.45) is 0 Å². The molecule has 0 heterocycles. The number of amides is 1. The molecule has 0 aliphatic heterocycles. The number of hydrogen-bond donors (Lipinski definition) is 2. The molecule has 2 N–H and O–H groups in total. The molecule has 1 atom stereocenters. The fourth-order valence-electron chi connectivity index (χ4n) is 2.01. The summed E-state index contributed by atoms with van der Waals surface area (Å²) in [5.74, 6) is 0.794. The lowest BCUT2D eigenvalue weighted by molar-refractivity contribution is -0.122. The minimum Gasteiger partial charge on any atom is -0.494 e. The first-order valence-electron chi connectivity index (χ1n) is 7.16. The van der Waals surface area contributed by atoms with Gasteiger partial charge in [-0.3, -0.25) is 4.79 Å². The Bertz CT molecular complexity index is 416. The topological polar surface area (TPSA) is 58.6 Å². The van der Waals surface area contributed by atoms with Crippen LogP contribution in [-0.4, -0.2) is 29.8 Å². The molecule has 1 rings (SSSR count). The first-order chi connectivity index (χ1) is 9.53. The molecule has 1 amide bonds. The van der Waals surface area contributed by atoms with E-state index in [4.69, 9.17) is 9.84 Å². The van der Waals surface area contributed by atoms with E-state index in [-0.39, 0.29) is 18.1 Å². The van der Waals surface area contributed by atoms with Gasteiger partial charge in [-0.15, -0.1) is 0 Å². The maximum Gasteiger partial charge on any atom is 0.224 e. The van der Waals surface area contributed by atoms with Gasteiger partial charge in [0.15, 0.2) is 0 Å². The highest BCUT2D eigenvalue weighted by molar-refractivity contribution is 5.79. The van der Waals surface area contributed by atoms with Crippen LogP contribution >= 0.6 is 0 Å². The average molecular weight is 279 g/mol. The van der Waals surface area contributed by atoms with E-state index in [2.05, 4.69) is 5.32 Å². The Kier molecular flexibility index (Phi) is 6.52. The van der Waals surface area contributed by atoms with Crippen LogP contribution in [0, 0.1) is 0 Å². The first kappa shape index (κ1) is 16.5. The van der Waals surface area contributed by atoms with Gasteiger partial charge in [0.1, 0.15) is 5.75 Å². The summed E-state index contributed by atoms with van der Waals surface area (Å²) in [6.07, 6.45) is 1.70. The van der Waals surface area contributed by atoms with Crippen LogP contribution in [0.2, 0.25) is 0 Å². The predicted molar refractivity (Wildman–Crippen MR) is 79.9 cm³/mol. The van der Waals surface area contributed by atoms with Gasteiger partial charge in [0.2, 0.25) is 5.91 Å². The van der Waals surface area contributed by atoms with E-state index in [1.165, 1.54) is 0 Å². The zero-order chi connectivity index (χ0) is 15.0. The summed E-state index contributed by atoms with van der Waals surface area (Å²) < 4.78 is 5.37. The Balaban J connectivity index is 2.57. The molecule has 4 nitrogen and oxygen atoms in total. The molecule has 0 fully saturated rings. The van der Waals surface area contributed by atoms with E-state index >= 15 is 0 Å². The molecule has 0 aliphatic rings. The second-order valence-corrected chi connectivity index (χ2v) is 5.19. The highest BCUT2D eigenvalue weighted by Crippen LogP contribution is 2.15. The molecule has 0 aromatic heterocycles. The van der Waals surface area contributed by atoms with Gasteiger partial charge in [-0.1, -0.05) is 19.1 Å². The number of carbonyl (C=O) groups excluding carboxylic acids is 1. The van der Waals surface area contributed by atoms with Gasteiger partial charge >= 0.3 is 0 Å². The standard InChI is InChI=1S/C16H25NO3/c1-4-16(3,10-11-18)17-15(19)12-13-6-8-14(9-7-13)20-5-2/h6-9,18H,4-5,10-12H2,1-3H3,(H,17,19). The van der Waals surface area contributed by atoms with Gasteiger partial charge in [-0.05, 0) is 44.4 Å². The maximum atomic E-state index is 12.0. The Morgan fingerprint density at radius 1 is 1.30 bits per heavy atom. The second-order valence-electron chi connectivity index (χ2n) is 5.19. The average Bonchev–Trinajstić information content (AvgIpc) is 2.41. The summed E-state index contributed by atoms with van der Waals surface area (Å²) in [6, 6.07) is 7.55. The monoisotopic (exact) mass is 279 g/mol.